The molecular weight excluding hydrogens is 256 g/mol. The second-order valence-corrected chi connectivity index (χ2v) is 3.40. The molecule has 0 saturated carbocycles. The Labute approximate surface area is 112 Å². The van der Waals surface area contributed by atoms with Crippen LogP contribution < -0.4 is 21.5 Å². The highest BCUT2D eigenvalue weighted by Crippen LogP contribution is 2.19. The highest BCUT2D eigenvalue weighted by atomic mass is 35.5. The summed E-state index contributed by atoms with van der Waals surface area (Å²) < 4.78 is 5.33. The monoisotopic (exact) mass is 272 g/mol. The van der Waals surface area contributed by atoms with Crippen LogP contribution in [-0.4, -0.2) is 25.4 Å². The summed E-state index contributed by atoms with van der Waals surface area (Å²) in [5.74, 6) is 0.184. The van der Waals surface area contributed by atoms with Gasteiger partial charge in [0.15, 0.2) is 6.61 Å². The van der Waals surface area contributed by atoms with E-state index in [1.54, 1.807) is 18.2 Å². The number of nitrogens with two attached hydrogens (primary N) is 2. The number of nitrogens with one attached hydrogen (secondary N) is 2. The van der Waals surface area contributed by atoms with Gasteiger partial charge in [-0.15, -0.1) is 12.4 Å². The van der Waals surface area contributed by atoms with Crippen molar-refractivity contribution in [3.63, 3.8) is 0 Å². The Kier molecular flexibility index (Phi) is 6.77. The number of hydrogen-bond acceptors (Lipinski definition) is 4. The molecule has 0 fully saturated rings. The summed E-state index contributed by atoms with van der Waals surface area (Å²) >= 11 is 0. The minimum Gasteiger partial charge on any atom is -0.483 e. The molecule has 1 aromatic rings. The van der Waals surface area contributed by atoms with Crippen LogP contribution in [0.4, 0.5) is 0 Å². The summed E-state index contributed by atoms with van der Waals surface area (Å²) in [5, 5.41) is 9.77. The van der Waals surface area contributed by atoms with E-state index in [0.29, 0.717) is 17.9 Å². The van der Waals surface area contributed by atoms with Gasteiger partial charge in [0.25, 0.3) is 5.91 Å². The number of rotatable bonds is 5. The zero-order valence-electron chi connectivity index (χ0n) is 10.0. The lowest BCUT2D eigenvalue weighted by Gasteiger charge is -2.11. The van der Waals surface area contributed by atoms with Gasteiger partial charge in [0.05, 0.1) is 0 Å². The van der Waals surface area contributed by atoms with Crippen molar-refractivity contribution in [2.75, 3.05) is 13.7 Å². The third-order valence-corrected chi connectivity index (χ3v) is 2.24. The van der Waals surface area contributed by atoms with E-state index in [4.69, 9.17) is 21.6 Å². The van der Waals surface area contributed by atoms with Crippen molar-refractivity contribution >= 4 is 24.1 Å². The Morgan fingerprint density at radius 2 is 2.17 bits per heavy atom. The van der Waals surface area contributed by atoms with Crippen LogP contribution in [0, 0.1) is 5.41 Å². The van der Waals surface area contributed by atoms with E-state index in [2.05, 4.69) is 5.32 Å². The molecule has 7 heteroatoms. The van der Waals surface area contributed by atoms with E-state index in [0.717, 1.165) is 5.56 Å². The summed E-state index contributed by atoms with van der Waals surface area (Å²) in [7, 11) is 1.53. The lowest BCUT2D eigenvalue weighted by atomic mass is 10.1. The Bertz CT molecular complexity index is 437. The van der Waals surface area contributed by atoms with Crippen LogP contribution in [-0.2, 0) is 11.3 Å². The first-order chi connectivity index (χ1) is 8.08. The van der Waals surface area contributed by atoms with Crippen molar-refractivity contribution < 1.29 is 9.53 Å². The second kappa shape index (κ2) is 7.52. The Hall–Kier alpha value is -1.79. The molecule has 0 spiro atoms. The minimum absolute atomic E-state index is 0. The smallest absolute Gasteiger partial charge is 0.257 e. The third-order valence-electron chi connectivity index (χ3n) is 2.24. The number of carbonyl (C=O) groups is 1. The molecule has 0 aliphatic heterocycles. The van der Waals surface area contributed by atoms with Crippen molar-refractivity contribution in [1.82, 2.24) is 5.32 Å². The molecule has 0 aliphatic rings. The maximum Gasteiger partial charge on any atom is 0.257 e. The fourth-order valence-electron chi connectivity index (χ4n) is 1.24. The van der Waals surface area contributed by atoms with E-state index in [-0.39, 0.29) is 30.8 Å². The van der Waals surface area contributed by atoms with Gasteiger partial charge >= 0.3 is 0 Å². The lowest BCUT2D eigenvalue weighted by Crippen LogP contribution is -2.25. The van der Waals surface area contributed by atoms with Gasteiger partial charge in [0.1, 0.15) is 11.6 Å². The molecule has 1 aromatic carbocycles. The molecule has 0 bridgehead atoms. The van der Waals surface area contributed by atoms with Crippen LogP contribution >= 0.6 is 12.4 Å². The highest BCUT2D eigenvalue weighted by molar-refractivity contribution is 5.95. The van der Waals surface area contributed by atoms with E-state index >= 15 is 0 Å². The van der Waals surface area contributed by atoms with Crippen LogP contribution in [0.1, 0.15) is 11.1 Å². The Balaban J connectivity index is 0.00000289. The third kappa shape index (κ3) is 4.23. The molecule has 0 heterocycles. The molecular formula is C11H17ClN4O2. The second-order valence-electron chi connectivity index (χ2n) is 3.40. The molecule has 6 nitrogen and oxygen atoms in total. The fourth-order valence-corrected chi connectivity index (χ4v) is 1.24. The van der Waals surface area contributed by atoms with Crippen molar-refractivity contribution in [2.24, 2.45) is 11.5 Å². The van der Waals surface area contributed by atoms with Crippen LogP contribution in [0.15, 0.2) is 18.2 Å². The molecule has 0 saturated heterocycles. The number of nitrogen functional groups attached to an aromatic ring is 1. The summed E-state index contributed by atoms with van der Waals surface area (Å²) in [6, 6.07) is 5.03. The van der Waals surface area contributed by atoms with Gasteiger partial charge < -0.3 is 21.5 Å². The molecule has 6 N–H and O–H groups in total. The van der Waals surface area contributed by atoms with E-state index < -0.39 is 0 Å². The largest absolute Gasteiger partial charge is 0.483 e. The van der Waals surface area contributed by atoms with Crippen LogP contribution in [0.2, 0.25) is 0 Å². The maximum absolute atomic E-state index is 11.1. The van der Waals surface area contributed by atoms with Gasteiger partial charge in [-0.05, 0) is 6.07 Å². The Morgan fingerprint density at radius 1 is 1.50 bits per heavy atom. The number of likely N-dealkylation sites (N-methyl/N-ethyl adjacent to an activating group) is 1. The summed E-state index contributed by atoms with van der Waals surface area (Å²) in [5.41, 5.74) is 12.2. The molecule has 0 atom stereocenters. The quantitative estimate of drug-likeness (QED) is 0.445. The molecule has 100 valence electrons. The van der Waals surface area contributed by atoms with Crippen molar-refractivity contribution in [3.8, 4) is 5.75 Å². The molecule has 0 aliphatic carbocycles. The Morgan fingerprint density at radius 3 is 2.67 bits per heavy atom. The van der Waals surface area contributed by atoms with Crippen molar-refractivity contribution in [3.05, 3.63) is 29.3 Å². The fraction of sp³-hybridized carbons (Fsp3) is 0.273. The molecule has 18 heavy (non-hydrogen) atoms. The molecule has 0 aromatic heterocycles. The van der Waals surface area contributed by atoms with Crippen LogP contribution in [0.3, 0.4) is 0 Å². The summed E-state index contributed by atoms with van der Waals surface area (Å²) in [4.78, 5) is 11.1. The van der Waals surface area contributed by atoms with Gasteiger partial charge in [-0.2, -0.15) is 0 Å². The van der Waals surface area contributed by atoms with Gasteiger partial charge in [0, 0.05) is 24.7 Å². The number of carbonyl (C=O) groups excluding carboxylic acids is 1. The SMILES string of the molecule is CNC(=O)COc1cc(C(=N)N)ccc1CN.Cl. The first-order valence-corrected chi connectivity index (χ1v) is 5.09. The minimum atomic E-state index is -0.235. The van der Waals surface area contributed by atoms with Crippen LogP contribution in [0.5, 0.6) is 5.75 Å². The molecule has 1 rings (SSSR count). The van der Waals surface area contributed by atoms with Gasteiger partial charge in [-0.1, -0.05) is 12.1 Å². The number of amidine groups is 1. The predicted molar refractivity (Wildman–Crippen MR) is 72.2 cm³/mol. The van der Waals surface area contributed by atoms with E-state index in [9.17, 15) is 4.79 Å². The topological polar surface area (TPSA) is 114 Å². The normalized spacial score (nSPS) is 9.22. The van der Waals surface area contributed by atoms with E-state index in [1.807, 2.05) is 0 Å². The maximum atomic E-state index is 11.1. The first kappa shape index (κ1) is 16.2. The molecule has 0 radical (unpaired) electrons. The average molecular weight is 273 g/mol. The lowest BCUT2D eigenvalue weighted by molar-refractivity contribution is -0.122. The standard InChI is InChI=1S/C11H16N4O2.ClH/c1-15-10(16)6-17-9-4-7(11(13)14)2-3-8(9)5-12;/h2-4H,5-6,12H2,1H3,(H3,13,14)(H,15,16);1H. The highest BCUT2D eigenvalue weighted by Gasteiger charge is 2.07. The zero-order valence-corrected chi connectivity index (χ0v) is 10.8. The van der Waals surface area contributed by atoms with E-state index in [1.165, 1.54) is 7.05 Å². The molecule has 1 amide bonds. The number of benzene rings is 1. The average Bonchev–Trinajstić information content (AvgIpc) is 2.35. The number of ether oxygens (including phenoxy) is 1. The summed E-state index contributed by atoms with van der Waals surface area (Å²) in [6.07, 6.45) is 0. The summed E-state index contributed by atoms with van der Waals surface area (Å²) in [6.45, 7) is 0.201. The van der Waals surface area contributed by atoms with Crippen molar-refractivity contribution in [2.45, 2.75) is 6.54 Å². The number of hydrogen-bond donors (Lipinski definition) is 4. The first-order valence-electron chi connectivity index (χ1n) is 5.09. The molecule has 0 unspecified atom stereocenters. The zero-order chi connectivity index (χ0) is 12.8. The van der Waals surface area contributed by atoms with Crippen LogP contribution in [0.25, 0.3) is 0 Å². The van der Waals surface area contributed by atoms with Crippen molar-refractivity contribution in [1.29, 1.82) is 5.41 Å². The predicted octanol–water partition coefficient (Wildman–Crippen LogP) is -0.0240. The van der Waals surface area contributed by atoms with Gasteiger partial charge in [0.2, 0.25) is 0 Å². The van der Waals surface area contributed by atoms with Gasteiger partial charge in [-0.3, -0.25) is 10.2 Å². The number of halogens is 1. The van der Waals surface area contributed by atoms with Gasteiger partial charge in [-0.25, -0.2) is 0 Å². The number of amides is 1.